The molecule has 0 aromatic rings. The minimum Gasteiger partial charge on any atom is -0.392 e. The Morgan fingerprint density at radius 1 is 1.54 bits per heavy atom. The molecule has 2 fully saturated rings. The highest BCUT2D eigenvalue weighted by atomic mass is 16.6. The topological polar surface area (TPSA) is 32.8 Å². The maximum Gasteiger partial charge on any atom is 0.106 e. The van der Waals surface area contributed by atoms with Crippen molar-refractivity contribution in [2.24, 2.45) is 5.41 Å². The number of rotatable bonds is 0. The lowest BCUT2D eigenvalue weighted by molar-refractivity contribution is -0.0270. The smallest absolute Gasteiger partial charge is 0.106 e. The summed E-state index contributed by atoms with van der Waals surface area (Å²) in [6.07, 6.45) is 8.77. The molecule has 0 amide bonds. The van der Waals surface area contributed by atoms with Crippen molar-refractivity contribution in [3.63, 3.8) is 0 Å². The Morgan fingerprint density at radius 2 is 2.38 bits per heavy atom. The first-order valence-corrected chi connectivity index (χ1v) is 5.23. The third-order valence-electron chi connectivity index (χ3n) is 4.26. The van der Waals surface area contributed by atoms with Crippen molar-refractivity contribution in [3.05, 3.63) is 12.2 Å². The molecule has 0 bridgehead atoms. The zero-order valence-corrected chi connectivity index (χ0v) is 7.99. The molecule has 1 spiro atoms. The van der Waals surface area contributed by atoms with Gasteiger partial charge in [-0.05, 0) is 25.7 Å². The molecule has 2 aliphatic carbocycles. The molecule has 4 atom stereocenters. The van der Waals surface area contributed by atoms with Gasteiger partial charge >= 0.3 is 0 Å². The van der Waals surface area contributed by atoms with Gasteiger partial charge in [0.1, 0.15) is 5.60 Å². The van der Waals surface area contributed by atoms with E-state index >= 15 is 0 Å². The van der Waals surface area contributed by atoms with Crippen molar-refractivity contribution in [1.29, 1.82) is 0 Å². The minimum absolute atomic E-state index is 0.0133. The van der Waals surface area contributed by atoms with Crippen molar-refractivity contribution in [2.75, 3.05) is 0 Å². The number of aliphatic hydroxyl groups is 1. The van der Waals surface area contributed by atoms with E-state index in [0.29, 0.717) is 6.10 Å². The predicted octanol–water partition coefficient (Wildman–Crippen LogP) is 1.64. The second-order valence-electron chi connectivity index (χ2n) is 4.82. The van der Waals surface area contributed by atoms with E-state index in [1.54, 1.807) is 0 Å². The lowest BCUT2D eigenvalue weighted by atomic mass is 9.61. The van der Waals surface area contributed by atoms with Crippen molar-refractivity contribution < 1.29 is 9.84 Å². The van der Waals surface area contributed by atoms with Gasteiger partial charge in [0.2, 0.25) is 0 Å². The van der Waals surface area contributed by atoms with Crippen molar-refractivity contribution in [3.8, 4) is 0 Å². The van der Waals surface area contributed by atoms with E-state index in [-0.39, 0.29) is 17.1 Å². The molecule has 3 aliphatic rings. The Hall–Kier alpha value is -0.340. The molecular weight excluding hydrogens is 164 g/mol. The lowest BCUT2D eigenvalue weighted by Gasteiger charge is -2.43. The zero-order chi connectivity index (χ0) is 9.10. The van der Waals surface area contributed by atoms with Crippen LogP contribution in [0.25, 0.3) is 0 Å². The van der Waals surface area contributed by atoms with Crippen LogP contribution in [0, 0.1) is 5.41 Å². The average molecular weight is 180 g/mol. The van der Waals surface area contributed by atoms with Crippen LogP contribution >= 0.6 is 0 Å². The molecule has 0 unspecified atom stereocenters. The number of hydrogen-bond acceptors (Lipinski definition) is 2. The van der Waals surface area contributed by atoms with Crippen molar-refractivity contribution in [2.45, 2.75) is 50.4 Å². The van der Waals surface area contributed by atoms with E-state index in [0.717, 1.165) is 25.7 Å². The largest absolute Gasteiger partial charge is 0.392 e. The number of epoxide rings is 1. The first kappa shape index (κ1) is 8.01. The van der Waals surface area contributed by atoms with Gasteiger partial charge in [-0.3, -0.25) is 0 Å². The van der Waals surface area contributed by atoms with Gasteiger partial charge in [-0.15, -0.1) is 0 Å². The minimum atomic E-state index is -0.206. The van der Waals surface area contributed by atoms with Crippen LogP contribution in [-0.2, 0) is 4.74 Å². The van der Waals surface area contributed by atoms with Gasteiger partial charge in [0, 0.05) is 5.41 Å². The Labute approximate surface area is 78.6 Å². The maximum atomic E-state index is 10.0. The van der Waals surface area contributed by atoms with Crippen molar-refractivity contribution >= 4 is 0 Å². The van der Waals surface area contributed by atoms with E-state index in [2.05, 4.69) is 19.1 Å². The van der Waals surface area contributed by atoms with E-state index in [1.165, 1.54) is 0 Å². The summed E-state index contributed by atoms with van der Waals surface area (Å²) in [7, 11) is 0. The molecule has 1 saturated carbocycles. The van der Waals surface area contributed by atoms with Crippen LogP contribution in [0.3, 0.4) is 0 Å². The third kappa shape index (κ3) is 0.767. The molecule has 0 radical (unpaired) electrons. The zero-order valence-electron chi connectivity index (χ0n) is 7.99. The Morgan fingerprint density at radius 3 is 3.15 bits per heavy atom. The van der Waals surface area contributed by atoms with Crippen LogP contribution < -0.4 is 0 Å². The lowest BCUT2D eigenvalue weighted by Crippen LogP contribution is -2.49. The van der Waals surface area contributed by atoms with Gasteiger partial charge in [0.25, 0.3) is 0 Å². The van der Waals surface area contributed by atoms with Gasteiger partial charge < -0.3 is 9.84 Å². The second kappa shape index (κ2) is 2.18. The maximum absolute atomic E-state index is 10.0. The Bertz CT molecular complexity index is 273. The van der Waals surface area contributed by atoms with E-state index < -0.39 is 0 Å². The Kier molecular flexibility index (Phi) is 1.34. The predicted molar refractivity (Wildman–Crippen MR) is 49.3 cm³/mol. The fourth-order valence-corrected chi connectivity index (χ4v) is 3.25. The number of hydrogen-bond donors (Lipinski definition) is 1. The number of aliphatic hydroxyl groups excluding tert-OH is 1. The second-order valence-corrected chi connectivity index (χ2v) is 4.82. The van der Waals surface area contributed by atoms with E-state index in [4.69, 9.17) is 4.74 Å². The molecule has 1 heterocycles. The van der Waals surface area contributed by atoms with Gasteiger partial charge in [0.15, 0.2) is 0 Å². The molecule has 13 heavy (non-hydrogen) atoms. The molecule has 0 aromatic heterocycles. The normalized spacial score (nSPS) is 58.3. The fraction of sp³-hybridized carbons (Fsp3) is 0.818. The number of ether oxygens (including phenoxy) is 1. The summed E-state index contributed by atoms with van der Waals surface area (Å²) in [4.78, 5) is 0. The monoisotopic (exact) mass is 180 g/mol. The average Bonchev–Trinajstić information content (AvgIpc) is 2.79. The van der Waals surface area contributed by atoms with Crippen LogP contribution in [-0.4, -0.2) is 22.9 Å². The molecule has 1 saturated heterocycles. The molecule has 1 N–H and O–H groups in total. The molecule has 3 rings (SSSR count). The van der Waals surface area contributed by atoms with Gasteiger partial charge in [-0.2, -0.15) is 0 Å². The van der Waals surface area contributed by atoms with Crippen molar-refractivity contribution in [1.82, 2.24) is 0 Å². The SMILES string of the molecule is C[C@@]12C=CC[C@H]3O[C@]31CCC[C@@H]2O. The molecule has 2 nitrogen and oxygen atoms in total. The summed E-state index contributed by atoms with van der Waals surface area (Å²) in [6.45, 7) is 2.15. The standard InChI is InChI=1S/C11H16O2/c1-10-6-3-5-9-11(10,13-9)7-2-4-8(10)12/h3,6,8-9,12H,2,4-5,7H2,1H3/t8-,9+,10-,11+/m0/s1. The van der Waals surface area contributed by atoms with Crippen LogP contribution in [0.1, 0.15) is 32.6 Å². The highest BCUT2D eigenvalue weighted by molar-refractivity contribution is 5.28. The first-order chi connectivity index (χ1) is 6.19. The molecular formula is C11H16O2. The molecule has 1 aliphatic heterocycles. The summed E-state index contributed by atoms with van der Waals surface area (Å²) in [5, 5.41) is 10.0. The summed E-state index contributed by atoms with van der Waals surface area (Å²) in [6, 6.07) is 0. The first-order valence-electron chi connectivity index (χ1n) is 5.23. The van der Waals surface area contributed by atoms with Crippen LogP contribution in [0.5, 0.6) is 0 Å². The fourth-order valence-electron chi connectivity index (χ4n) is 3.25. The van der Waals surface area contributed by atoms with Crippen LogP contribution in [0.4, 0.5) is 0 Å². The van der Waals surface area contributed by atoms with Gasteiger partial charge in [0.05, 0.1) is 12.2 Å². The van der Waals surface area contributed by atoms with Gasteiger partial charge in [-0.1, -0.05) is 19.1 Å². The summed E-state index contributed by atoms with van der Waals surface area (Å²) in [5.74, 6) is 0. The Balaban J connectivity index is 2.04. The molecule has 72 valence electrons. The highest BCUT2D eigenvalue weighted by Crippen LogP contribution is 2.62. The quantitative estimate of drug-likeness (QED) is 0.454. The summed E-state index contributed by atoms with van der Waals surface area (Å²) in [5.41, 5.74) is -0.0897. The van der Waals surface area contributed by atoms with Crippen LogP contribution in [0.2, 0.25) is 0 Å². The third-order valence-corrected chi connectivity index (χ3v) is 4.26. The summed E-state index contributed by atoms with van der Waals surface area (Å²) < 4.78 is 5.82. The highest BCUT2D eigenvalue weighted by Gasteiger charge is 2.69. The van der Waals surface area contributed by atoms with E-state index in [9.17, 15) is 5.11 Å². The van der Waals surface area contributed by atoms with Crippen LogP contribution in [0.15, 0.2) is 12.2 Å². The van der Waals surface area contributed by atoms with Gasteiger partial charge in [-0.25, -0.2) is 0 Å². The molecule has 2 heteroatoms. The molecule has 0 aromatic carbocycles. The summed E-state index contributed by atoms with van der Waals surface area (Å²) >= 11 is 0. The van der Waals surface area contributed by atoms with E-state index in [1.807, 2.05) is 0 Å².